The Morgan fingerprint density at radius 2 is 0.916 bits per heavy atom. The van der Waals surface area contributed by atoms with Gasteiger partial charge in [-0.15, -0.1) is 0 Å². The van der Waals surface area contributed by atoms with Crippen LogP contribution in [0, 0.1) is 17.8 Å². The summed E-state index contributed by atoms with van der Waals surface area (Å²) in [5.41, 5.74) is 4.98. The number of urea groups is 3. The fourth-order valence-electron chi connectivity index (χ4n) is 9.70. The monoisotopic (exact) mass is 1340 g/mol. The number of fused-ring (bicyclic) bond motifs is 1. The number of esters is 4. The zero-order valence-corrected chi connectivity index (χ0v) is 55.4. The number of benzene rings is 3. The maximum absolute atomic E-state index is 13.2. The van der Waals surface area contributed by atoms with Crippen molar-refractivity contribution in [1.82, 2.24) is 41.3 Å². The van der Waals surface area contributed by atoms with Crippen molar-refractivity contribution >= 4 is 71.7 Å². The number of amides is 8. The molecule has 3 aromatic rings. The number of hydrogen-bond acceptors (Lipinski definition) is 17. The Balaban J connectivity index is 0.000000458. The van der Waals surface area contributed by atoms with Crippen LogP contribution in [0.15, 0.2) is 54.6 Å². The second kappa shape index (κ2) is 44.4. The normalized spacial score (nSPS) is 14.3. The van der Waals surface area contributed by atoms with Crippen LogP contribution >= 0.6 is 0 Å². The summed E-state index contributed by atoms with van der Waals surface area (Å²) in [5.74, 6) is -6.51. The molecule has 4 aliphatic heterocycles. The third kappa shape index (κ3) is 27.7. The highest BCUT2D eigenvalue weighted by molar-refractivity contribution is 6.15. The van der Waals surface area contributed by atoms with E-state index < -0.39 is 53.6 Å². The lowest BCUT2D eigenvalue weighted by Gasteiger charge is -2.17. The number of carboxylic acids is 3. The van der Waals surface area contributed by atoms with E-state index in [-0.39, 0.29) is 112 Å². The standard InChI is InChI=1S/C30H47N3O6.C14H15N3O6.C9H4O5.C8H18O.C5H11N3O.H2O/c1-5-9-11-22(7-3)20-38-28(35)24-13-14-25(29(36)39-21-23(8-4)12-10-6-2)26(19-24)27(34)31-15-17-33-18-16-32-30(33)37;18-11(15-3-5-17-6-4-16-14(17)23)10-7-8(12(19)20)1-2-9(10)13(21)22;10-7(11)4-1-2-5-6(3-4)9(13)14-8(5)12;1-3-5-6-8(4-2)7-9;6-1-3-8-4-2-7-5(8)9;/h13-14,19,22-23H,5-12,15-18,20-21H2,1-4H3,(H,31,34)(H,32,37);1-2,7H,3-6H2,(H,15,18)(H,16,23)(H,19,20)(H,21,22);1-3H,(H,10,11);8-9H,3-7H2,1-2H3;1-4,6H2,(H,7,9);1H2. The van der Waals surface area contributed by atoms with Crippen LogP contribution in [0.4, 0.5) is 14.4 Å². The van der Waals surface area contributed by atoms with E-state index in [1.54, 1.807) is 9.80 Å². The van der Waals surface area contributed by atoms with E-state index in [2.05, 4.69) is 72.9 Å². The van der Waals surface area contributed by atoms with Crippen molar-refractivity contribution in [1.29, 1.82) is 0 Å². The van der Waals surface area contributed by atoms with E-state index in [4.69, 9.17) is 35.6 Å². The fraction of sp³-hybridized carbons (Fsp3) is 0.545. The Morgan fingerprint density at radius 3 is 1.34 bits per heavy atom. The highest BCUT2D eigenvalue weighted by atomic mass is 16.6. The van der Waals surface area contributed by atoms with Gasteiger partial charge in [-0.2, -0.15) is 0 Å². The maximum Gasteiger partial charge on any atom is 0.346 e. The summed E-state index contributed by atoms with van der Waals surface area (Å²) in [6.07, 6.45) is 12.9. The molecule has 95 heavy (non-hydrogen) atoms. The average Bonchev–Trinajstić information content (AvgIpc) is 1.80. The van der Waals surface area contributed by atoms with E-state index in [0.717, 1.165) is 95.1 Å². The Bertz CT molecular complexity index is 3050. The van der Waals surface area contributed by atoms with Crippen molar-refractivity contribution < 1.29 is 97.6 Å². The minimum Gasteiger partial charge on any atom is -0.478 e. The predicted octanol–water partition coefficient (Wildman–Crippen LogP) is 6.06. The molecule has 8 amide bonds. The minimum atomic E-state index is -1.33. The van der Waals surface area contributed by atoms with Gasteiger partial charge in [-0.3, -0.25) is 9.59 Å². The number of nitrogens with zero attached hydrogens (tertiary/aromatic N) is 3. The number of carbonyl (C=O) groups excluding carboxylic acids is 9. The molecule has 526 valence electrons. The summed E-state index contributed by atoms with van der Waals surface area (Å²) in [6, 6.07) is 10.9. The number of carboxylic acid groups (broad SMARTS) is 3. The van der Waals surface area contributed by atoms with Crippen LogP contribution in [0.3, 0.4) is 0 Å². The van der Waals surface area contributed by atoms with Crippen molar-refractivity contribution in [2.45, 2.75) is 119 Å². The van der Waals surface area contributed by atoms with E-state index in [1.807, 2.05) is 0 Å². The number of nitrogens with two attached hydrogens (primary N) is 1. The average molecular weight is 1340 g/mol. The highest BCUT2D eigenvalue weighted by Gasteiger charge is 2.31. The Labute approximate surface area is 553 Å². The molecule has 4 heterocycles. The molecule has 3 fully saturated rings. The molecule has 29 heteroatoms. The summed E-state index contributed by atoms with van der Waals surface area (Å²) in [6.45, 7) is 19.6. The van der Waals surface area contributed by atoms with Crippen LogP contribution in [-0.2, 0) is 14.2 Å². The van der Waals surface area contributed by atoms with Gasteiger partial charge >= 0.3 is 59.9 Å². The lowest BCUT2D eigenvalue weighted by molar-refractivity contribution is 0.0412. The Kier molecular flexibility index (Phi) is 38.3. The number of aromatic carboxylic acids is 3. The lowest BCUT2D eigenvalue weighted by Crippen LogP contribution is -2.37. The van der Waals surface area contributed by atoms with Gasteiger partial charge in [-0.1, -0.05) is 99.3 Å². The first-order valence-electron chi connectivity index (χ1n) is 32.2. The molecule has 0 aliphatic carbocycles. The molecule has 0 bridgehead atoms. The fourth-order valence-corrected chi connectivity index (χ4v) is 9.70. The van der Waals surface area contributed by atoms with Crippen LogP contribution in [0.25, 0.3) is 0 Å². The molecule has 13 N–H and O–H groups in total. The number of ether oxygens (including phenoxy) is 3. The molecule has 0 aromatic heterocycles. The van der Waals surface area contributed by atoms with E-state index in [1.165, 1.54) is 54.5 Å². The lowest BCUT2D eigenvalue weighted by atomic mass is 10.00. The van der Waals surface area contributed by atoms with Gasteiger partial charge in [0.25, 0.3) is 11.8 Å². The van der Waals surface area contributed by atoms with Gasteiger partial charge in [0.1, 0.15) is 0 Å². The van der Waals surface area contributed by atoms with Gasteiger partial charge in [-0.05, 0) is 91.6 Å². The summed E-state index contributed by atoms with van der Waals surface area (Å²) >= 11 is 0. The number of hydrogen-bond donors (Lipinski definition) is 10. The molecule has 4 aliphatic rings. The van der Waals surface area contributed by atoms with Gasteiger partial charge < -0.3 is 87.1 Å². The molecule has 0 spiro atoms. The first-order valence-corrected chi connectivity index (χ1v) is 32.2. The van der Waals surface area contributed by atoms with E-state index >= 15 is 0 Å². The zero-order chi connectivity index (χ0) is 69.7. The molecule has 29 nitrogen and oxygen atoms in total. The van der Waals surface area contributed by atoms with Crippen LogP contribution in [-0.4, -0.2) is 211 Å². The van der Waals surface area contributed by atoms with Gasteiger partial charge in [0.05, 0.1) is 63.3 Å². The number of aliphatic hydroxyl groups excluding tert-OH is 1. The van der Waals surface area contributed by atoms with Crippen molar-refractivity contribution in [3.8, 4) is 0 Å². The van der Waals surface area contributed by atoms with E-state index in [9.17, 15) is 57.5 Å². The van der Waals surface area contributed by atoms with E-state index in [0.29, 0.717) is 64.9 Å². The quantitative estimate of drug-likeness (QED) is 0.0193. The van der Waals surface area contributed by atoms with Crippen molar-refractivity contribution in [3.63, 3.8) is 0 Å². The third-order valence-electron chi connectivity index (χ3n) is 15.7. The topological polar surface area (TPSA) is 441 Å². The maximum atomic E-state index is 13.2. The summed E-state index contributed by atoms with van der Waals surface area (Å²) in [5, 5.41) is 48.7. The minimum absolute atomic E-state index is 0. The largest absolute Gasteiger partial charge is 0.478 e. The van der Waals surface area contributed by atoms with Crippen molar-refractivity contribution in [2.24, 2.45) is 23.5 Å². The smallest absolute Gasteiger partial charge is 0.346 e. The Hall–Kier alpha value is -9.22. The molecule has 3 saturated heterocycles. The summed E-state index contributed by atoms with van der Waals surface area (Å²) in [4.78, 5) is 144. The number of aliphatic hydroxyl groups is 1. The van der Waals surface area contributed by atoms with Gasteiger partial charge in [0, 0.05) is 85.1 Å². The SMILES string of the molecule is CCCCC(CC)CO.CCCCC(CC)COC(=O)c1ccc(C(=O)OCC(CC)CCCC)c(C(=O)NCCN2CCNC2=O)c1.NCCN1CCNC1=O.O.O=C(O)c1ccc(C(=O)O)c(C(=O)NCCN2CCNC2=O)c1.O=C(O)c1ccc2c(c1)C(=O)OC2=O. The Morgan fingerprint density at radius 1 is 0.516 bits per heavy atom. The second-order valence-corrected chi connectivity index (χ2v) is 22.5. The predicted molar refractivity (Wildman–Crippen MR) is 350 cm³/mol. The second-order valence-electron chi connectivity index (χ2n) is 22.5. The molecular weight excluding hydrogens is 1240 g/mol. The van der Waals surface area contributed by atoms with Crippen molar-refractivity contribution in [3.05, 3.63) is 105 Å². The zero-order valence-electron chi connectivity index (χ0n) is 55.4. The molecular formula is C66H97N9O20. The molecule has 0 saturated carbocycles. The number of nitrogens with one attached hydrogen (secondary N) is 5. The van der Waals surface area contributed by atoms with Crippen LogP contribution in [0.2, 0.25) is 0 Å². The molecule has 0 radical (unpaired) electrons. The molecule has 3 atom stereocenters. The number of unbranched alkanes of at least 4 members (excludes halogenated alkanes) is 3. The van der Waals surface area contributed by atoms with Gasteiger partial charge in [-0.25, -0.2) is 47.9 Å². The summed E-state index contributed by atoms with van der Waals surface area (Å²) < 4.78 is 15.5. The molecule has 7 rings (SSSR count). The number of cyclic esters (lactones) is 2. The number of rotatable bonds is 32. The third-order valence-corrected chi connectivity index (χ3v) is 15.7. The molecule has 3 unspecified atom stereocenters. The summed E-state index contributed by atoms with van der Waals surface area (Å²) in [7, 11) is 0. The van der Waals surface area contributed by atoms with Gasteiger partial charge in [0.15, 0.2) is 0 Å². The molecule has 3 aromatic carbocycles. The van der Waals surface area contributed by atoms with Crippen LogP contribution < -0.4 is 32.3 Å². The highest BCUT2D eigenvalue weighted by Crippen LogP contribution is 2.23. The van der Waals surface area contributed by atoms with Crippen LogP contribution in [0.1, 0.15) is 212 Å². The number of carbonyl (C=O) groups is 12. The first kappa shape index (κ1) is 81.9. The van der Waals surface area contributed by atoms with Crippen molar-refractivity contribution in [2.75, 3.05) is 98.4 Å². The van der Waals surface area contributed by atoms with Gasteiger partial charge in [0.2, 0.25) is 0 Å². The first-order chi connectivity index (χ1) is 45.0. The van der Waals surface area contributed by atoms with Crippen LogP contribution in [0.5, 0.6) is 0 Å².